The van der Waals surface area contributed by atoms with Crippen molar-refractivity contribution < 1.29 is 4.52 Å². The SMILES string of the molecule is Cc1noc(C)c1CNCCCc1ccccc1. The van der Waals surface area contributed by atoms with Crippen LogP contribution in [0.4, 0.5) is 0 Å². The van der Waals surface area contributed by atoms with Crippen LogP contribution in [-0.2, 0) is 13.0 Å². The van der Waals surface area contributed by atoms with Gasteiger partial charge in [0.05, 0.1) is 5.69 Å². The van der Waals surface area contributed by atoms with Gasteiger partial charge in [0.1, 0.15) is 5.76 Å². The summed E-state index contributed by atoms with van der Waals surface area (Å²) in [6.45, 7) is 5.80. The molecule has 1 aromatic carbocycles. The molecule has 0 aliphatic rings. The zero-order valence-corrected chi connectivity index (χ0v) is 11.1. The van der Waals surface area contributed by atoms with Crippen LogP contribution in [-0.4, -0.2) is 11.7 Å². The minimum atomic E-state index is 0.843. The number of nitrogens with one attached hydrogen (secondary N) is 1. The summed E-state index contributed by atoms with van der Waals surface area (Å²) in [4.78, 5) is 0. The third kappa shape index (κ3) is 3.44. The average molecular weight is 244 g/mol. The molecular weight excluding hydrogens is 224 g/mol. The van der Waals surface area contributed by atoms with Crippen LogP contribution in [0.2, 0.25) is 0 Å². The van der Waals surface area contributed by atoms with Crippen LogP contribution in [0.1, 0.15) is 29.0 Å². The molecule has 3 nitrogen and oxygen atoms in total. The highest BCUT2D eigenvalue weighted by Crippen LogP contribution is 2.11. The van der Waals surface area contributed by atoms with Crippen LogP contribution in [0.3, 0.4) is 0 Å². The van der Waals surface area contributed by atoms with E-state index in [1.165, 1.54) is 11.1 Å². The number of hydrogen-bond acceptors (Lipinski definition) is 3. The van der Waals surface area contributed by atoms with Crippen LogP contribution < -0.4 is 5.32 Å². The van der Waals surface area contributed by atoms with E-state index >= 15 is 0 Å². The molecule has 0 amide bonds. The third-order valence-corrected chi connectivity index (χ3v) is 3.14. The van der Waals surface area contributed by atoms with Crippen molar-refractivity contribution in [2.24, 2.45) is 0 Å². The second-order valence-corrected chi connectivity index (χ2v) is 4.57. The minimum absolute atomic E-state index is 0.843. The predicted octanol–water partition coefficient (Wildman–Crippen LogP) is 3.01. The molecule has 0 bridgehead atoms. The van der Waals surface area contributed by atoms with E-state index in [-0.39, 0.29) is 0 Å². The summed E-state index contributed by atoms with van der Waals surface area (Å²) in [5.74, 6) is 0.919. The number of hydrogen-bond donors (Lipinski definition) is 1. The lowest BCUT2D eigenvalue weighted by atomic mass is 10.1. The van der Waals surface area contributed by atoms with E-state index in [9.17, 15) is 0 Å². The number of rotatable bonds is 6. The molecule has 0 radical (unpaired) electrons. The quantitative estimate of drug-likeness (QED) is 0.794. The smallest absolute Gasteiger partial charge is 0.138 e. The lowest BCUT2D eigenvalue weighted by Crippen LogP contribution is -2.16. The van der Waals surface area contributed by atoms with Crippen molar-refractivity contribution in [2.45, 2.75) is 33.2 Å². The molecule has 18 heavy (non-hydrogen) atoms. The van der Waals surface area contributed by atoms with Gasteiger partial charge in [0, 0.05) is 12.1 Å². The van der Waals surface area contributed by atoms with Gasteiger partial charge in [-0.05, 0) is 38.8 Å². The summed E-state index contributed by atoms with van der Waals surface area (Å²) in [5.41, 5.74) is 3.58. The Morgan fingerprint density at radius 3 is 2.61 bits per heavy atom. The molecule has 1 N–H and O–H groups in total. The van der Waals surface area contributed by atoms with Gasteiger partial charge in [0.15, 0.2) is 0 Å². The van der Waals surface area contributed by atoms with E-state index in [1.54, 1.807) is 0 Å². The fourth-order valence-electron chi connectivity index (χ4n) is 2.03. The van der Waals surface area contributed by atoms with Gasteiger partial charge in [-0.25, -0.2) is 0 Å². The van der Waals surface area contributed by atoms with E-state index in [2.05, 4.69) is 40.8 Å². The van der Waals surface area contributed by atoms with Crippen molar-refractivity contribution >= 4 is 0 Å². The molecule has 1 aromatic heterocycles. The Morgan fingerprint density at radius 1 is 1.17 bits per heavy atom. The molecule has 1 heterocycles. The maximum absolute atomic E-state index is 5.13. The Hall–Kier alpha value is -1.61. The van der Waals surface area contributed by atoms with Gasteiger partial charge in [0.25, 0.3) is 0 Å². The van der Waals surface area contributed by atoms with Crippen molar-refractivity contribution in [3.05, 3.63) is 52.9 Å². The number of benzene rings is 1. The summed E-state index contributed by atoms with van der Waals surface area (Å²) in [6.07, 6.45) is 2.27. The molecule has 96 valence electrons. The molecular formula is C15H20N2O. The number of aryl methyl sites for hydroxylation is 3. The summed E-state index contributed by atoms with van der Waals surface area (Å²) in [5, 5.41) is 7.39. The second-order valence-electron chi connectivity index (χ2n) is 4.57. The van der Waals surface area contributed by atoms with Crippen molar-refractivity contribution in [3.63, 3.8) is 0 Å². The second kappa shape index (κ2) is 6.36. The largest absolute Gasteiger partial charge is 0.361 e. The average Bonchev–Trinajstić information content (AvgIpc) is 2.71. The number of nitrogens with zero attached hydrogens (tertiary/aromatic N) is 1. The highest BCUT2D eigenvalue weighted by atomic mass is 16.5. The molecule has 2 aromatic rings. The van der Waals surface area contributed by atoms with Crippen LogP contribution in [0.15, 0.2) is 34.9 Å². The van der Waals surface area contributed by atoms with E-state index in [0.717, 1.165) is 37.4 Å². The predicted molar refractivity (Wildman–Crippen MR) is 72.4 cm³/mol. The Morgan fingerprint density at radius 2 is 1.94 bits per heavy atom. The molecule has 0 saturated carbocycles. The van der Waals surface area contributed by atoms with E-state index < -0.39 is 0 Å². The molecule has 3 heteroatoms. The number of aromatic nitrogens is 1. The Balaban J connectivity index is 1.68. The van der Waals surface area contributed by atoms with Gasteiger partial charge in [-0.1, -0.05) is 35.5 Å². The maximum Gasteiger partial charge on any atom is 0.138 e. The first kappa shape index (κ1) is 12.8. The van der Waals surface area contributed by atoms with Crippen molar-refractivity contribution in [1.82, 2.24) is 10.5 Å². The van der Waals surface area contributed by atoms with Crippen molar-refractivity contribution in [1.29, 1.82) is 0 Å². The van der Waals surface area contributed by atoms with E-state index in [0.29, 0.717) is 0 Å². The van der Waals surface area contributed by atoms with Crippen LogP contribution in [0.25, 0.3) is 0 Å². The Kier molecular flexibility index (Phi) is 4.53. The Bertz CT molecular complexity index is 457. The van der Waals surface area contributed by atoms with Gasteiger partial charge in [-0.2, -0.15) is 0 Å². The summed E-state index contributed by atoms with van der Waals surface area (Å²) in [7, 11) is 0. The lowest BCUT2D eigenvalue weighted by molar-refractivity contribution is 0.392. The standard InChI is InChI=1S/C15H20N2O/c1-12-15(13(2)18-17-12)11-16-10-6-9-14-7-4-3-5-8-14/h3-5,7-8,16H,6,9-11H2,1-2H3. The first-order valence-corrected chi connectivity index (χ1v) is 6.44. The minimum Gasteiger partial charge on any atom is -0.361 e. The Labute approximate surface area is 108 Å². The summed E-state index contributed by atoms with van der Waals surface area (Å²) < 4.78 is 5.13. The summed E-state index contributed by atoms with van der Waals surface area (Å²) >= 11 is 0. The van der Waals surface area contributed by atoms with Gasteiger partial charge in [0.2, 0.25) is 0 Å². The molecule has 0 unspecified atom stereocenters. The molecule has 0 aliphatic heterocycles. The highest BCUT2D eigenvalue weighted by Gasteiger charge is 2.07. The molecule has 0 fully saturated rings. The van der Waals surface area contributed by atoms with Crippen molar-refractivity contribution in [2.75, 3.05) is 6.54 Å². The zero-order chi connectivity index (χ0) is 12.8. The third-order valence-electron chi connectivity index (χ3n) is 3.14. The topological polar surface area (TPSA) is 38.1 Å². The molecule has 0 spiro atoms. The van der Waals surface area contributed by atoms with Crippen molar-refractivity contribution in [3.8, 4) is 0 Å². The first-order chi connectivity index (χ1) is 8.77. The fraction of sp³-hybridized carbons (Fsp3) is 0.400. The van der Waals surface area contributed by atoms with Crippen LogP contribution in [0, 0.1) is 13.8 Å². The van der Waals surface area contributed by atoms with Crippen LogP contribution in [0.5, 0.6) is 0 Å². The monoisotopic (exact) mass is 244 g/mol. The van der Waals surface area contributed by atoms with Gasteiger partial charge < -0.3 is 9.84 Å². The summed E-state index contributed by atoms with van der Waals surface area (Å²) in [6, 6.07) is 10.6. The van der Waals surface area contributed by atoms with E-state index in [1.807, 2.05) is 13.8 Å². The molecule has 0 aliphatic carbocycles. The van der Waals surface area contributed by atoms with Gasteiger partial charge in [-0.3, -0.25) is 0 Å². The zero-order valence-electron chi connectivity index (χ0n) is 11.1. The molecule has 2 rings (SSSR count). The molecule has 0 atom stereocenters. The lowest BCUT2D eigenvalue weighted by Gasteiger charge is -2.04. The molecule has 0 saturated heterocycles. The fourth-order valence-corrected chi connectivity index (χ4v) is 2.03. The van der Waals surface area contributed by atoms with Gasteiger partial charge in [-0.15, -0.1) is 0 Å². The maximum atomic E-state index is 5.13. The highest BCUT2D eigenvalue weighted by molar-refractivity contribution is 5.20. The first-order valence-electron chi connectivity index (χ1n) is 6.44. The normalized spacial score (nSPS) is 10.8. The van der Waals surface area contributed by atoms with Crippen LogP contribution >= 0.6 is 0 Å². The van der Waals surface area contributed by atoms with Gasteiger partial charge >= 0.3 is 0 Å². The van der Waals surface area contributed by atoms with E-state index in [4.69, 9.17) is 4.52 Å².